The molecule has 0 aliphatic heterocycles. The number of esters is 1. The molecule has 0 rings (SSSR count). The largest absolute Gasteiger partial charge is 0.469 e. The molecule has 0 N–H and O–H groups in total. The number of hydrogen-bond donors (Lipinski definition) is 0. The number of rotatable bonds is 23. The van der Waals surface area contributed by atoms with Crippen LogP contribution in [0.2, 0.25) is 0 Å². The molecule has 0 aliphatic rings. The molecule has 0 aromatic heterocycles. The van der Waals surface area contributed by atoms with Gasteiger partial charge in [0, 0.05) is 0 Å². The molecule has 0 unspecified atom stereocenters. The Kier molecular flexibility index (Phi) is 23.3. The number of unbranched alkanes of at least 4 members (excludes halogenated alkanes) is 18. The fraction of sp³-hybridized carbons (Fsp3) is 0.963. The van der Waals surface area contributed by atoms with Crippen molar-refractivity contribution in [1.82, 2.24) is 0 Å². The molecule has 174 valence electrons. The zero-order chi connectivity index (χ0) is 21.4. The first-order valence-corrected chi connectivity index (χ1v) is 13.3. The van der Waals surface area contributed by atoms with E-state index in [1.807, 2.05) is 0 Å². The molecule has 0 bridgehead atoms. The molecule has 2 nitrogen and oxygen atoms in total. The van der Waals surface area contributed by atoms with Gasteiger partial charge in [0.05, 0.1) is 13.0 Å². The summed E-state index contributed by atoms with van der Waals surface area (Å²) in [4.78, 5) is 12.1. The Morgan fingerprint density at radius 1 is 0.517 bits per heavy atom. The average molecular weight is 411 g/mol. The molecule has 0 heterocycles. The zero-order valence-electron chi connectivity index (χ0n) is 20.5. The van der Waals surface area contributed by atoms with Gasteiger partial charge in [0.1, 0.15) is 0 Å². The number of carbonyl (C=O) groups is 1. The van der Waals surface area contributed by atoms with Crippen LogP contribution in [0.5, 0.6) is 0 Å². The first-order chi connectivity index (χ1) is 14.3. The molecule has 0 spiro atoms. The van der Waals surface area contributed by atoms with Gasteiger partial charge in [-0.3, -0.25) is 4.79 Å². The van der Waals surface area contributed by atoms with E-state index in [4.69, 9.17) is 4.74 Å². The van der Waals surface area contributed by atoms with Gasteiger partial charge in [0.25, 0.3) is 0 Å². The molecule has 0 aromatic rings. The summed E-state index contributed by atoms with van der Waals surface area (Å²) in [7, 11) is 1.55. The second-order valence-electron chi connectivity index (χ2n) is 9.16. The molecule has 0 fully saturated rings. The van der Waals surface area contributed by atoms with E-state index in [-0.39, 0.29) is 11.9 Å². The smallest absolute Gasteiger partial charge is 0.308 e. The number of carbonyl (C=O) groups excluding carboxylic acids is 1. The molecule has 0 aromatic carbocycles. The van der Waals surface area contributed by atoms with Crippen LogP contribution in [0.4, 0.5) is 0 Å². The van der Waals surface area contributed by atoms with E-state index in [0.717, 1.165) is 12.8 Å². The topological polar surface area (TPSA) is 26.3 Å². The maximum absolute atomic E-state index is 12.1. The zero-order valence-corrected chi connectivity index (χ0v) is 20.5. The molecular weight excluding hydrogens is 356 g/mol. The van der Waals surface area contributed by atoms with E-state index in [0.29, 0.717) is 0 Å². The van der Waals surface area contributed by atoms with E-state index in [2.05, 4.69) is 13.8 Å². The third-order valence-electron chi connectivity index (χ3n) is 6.35. The van der Waals surface area contributed by atoms with Crippen LogP contribution in [0.1, 0.15) is 155 Å². The van der Waals surface area contributed by atoms with Gasteiger partial charge >= 0.3 is 5.97 Å². The Balaban J connectivity index is 3.59. The van der Waals surface area contributed by atoms with Crippen molar-refractivity contribution in [3.63, 3.8) is 0 Å². The number of methoxy groups -OCH3 is 1. The number of ether oxygens (including phenoxy) is 1. The maximum atomic E-state index is 12.1. The lowest BCUT2D eigenvalue weighted by Gasteiger charge is -2.14. The van der Waals surface area contributed by atoms with Crippen molar-refractivity contribution in [1.29, 1.82) is 0 Å². The monoisotopic (exact) mass is 410 g/mol. The fourth-order valence-corrected chi connectivity index (χ4v) is 4.30. The highest BCUT2D eigenvalue weighted by atomic mass is 16.5. The third kappa shape index (κ3) is 20.5. The molecule has 2 heteroatoms. The Bertz CT molecular complexity index is 302. The molecule has 0 saturated heterocycles. The Morgan fingerprint density at radius 2 is 0.793 bits per heavy atom. The third-order valence-corrected chi connectivity index (χ3v) is 6.35. The van der Waals surface area contributed by atoms with Crippen LogP contribution in [-0.4, -0.2) is 13.1 Å². The van der Waals surface area contributed by atoms with Crippen molar-refractivity contribution in [2.24, 2.45) is 5.92 Å². The van der Waals surface area contributed by atoms with Gasteiger partial charge in [-0.15, -0.1) is 0 Å². The highest BCUT2D eigenvalue weighted by molar-refractivity contribution is 5.72. The van der Waals surface area contributed by atoms with E-state index >= 15 is 0 Å². The Hall–Kier alpha value is -0.530. The summed E-state index contributed by atoms with van der Waals surface area (Å²) in [5, 5.41) is 0. The highest BCUT2D eigenvalue weighted by Gasteiger charge is 2.18. The van der Waals surface area contributed by atoms with Gasteiger partial charge in [-0.1, -0.05) is 142 Å². The Morgan fingerprint density at radius 3 is 1.07 bits per heavy atom. The summed E-state index contributed by atoms with van der Waals surface area (Å²) < 4.78 is 5.06. The molecule has 0 saturated carbocycles. The Labute approximate surface area is 184 Å². The van der Waals surface area contributed by atoms with E-state index < -0.39 is 0 Å². The predicted octanol–water partition coefficient (Wildman–Crippen LogP) is 9.40. The quantitative estimate of drug-likeness (QED) is 0.124. The second-order valence-corrected chi connectivity index (χ2v) is 9.16. The average Bonchev–Trinajstić information content (AvgIpc) is 2.74. The summed E-state index contributed by atoms with van der Waals surface area (Å²) in [6.07, 6.45) is 29.1. The lowest BCUT2D eigenvalue weighted by Crippen LogP contribution is -2.16. The van der Waals surface area contributed by atoms with Gasteiger partial charge in [-0.2, -0.15) is 0 Å². The standard InChI is InChI=1S/C27H54O2/c1-4-6-8-10-12-14-16-18-20-22-24-26(27(28)29-3)25-23-21-19-17-15-13-11-9-7-5-2/h26H,4-25H2,1-3H3. The number of hydrogen-bond acceptors (Lipinski definition) is 2. The van der Waals surface area contributed by atoms with Crippen LogP contribution >= 0.6 is 0 Å². The van der Waals surface area contributed by atoms with Crippen molar-refractivity contribution in [3.05, 3.63) is 0 Å². The van der Waals surface area contributed by atoms with Crippen LogP contribution < -0.4 is 0 Å². The lowest BCUT2D eigenvalue weighted by atomic mass is 9.94. The van der Waals surface area contributed by atoms with Crippen molar-refractivity contribution in [2.75, 3.05) is 7.11 Å². The minimum atomic E-state index is 0.0249. The van der Waals surface area contributed by atoms with Crippen LogP contribution in [-0.2, 0) is 9.53 Å². The normalized spacial score (nSPS) is 11.3. The van der Waals surface area contributed by atoms with E-state index in [1.165, 1.54) is 128 Å². The lowest BCUT2D eigenvalue weighted by molar-refractivity contribution is -0.146. The summed E-state index contributed by atoms with van der Waals surface area (Å²) >= 11 is 0. The van der Waals surface area contributed by atoms with Gasteiger partial charge in [0.15, 0.2) is 0 Å². The molecular formula is C27H54O2. The molecule has 0 radical (unpaired) electrons. The summed E-state index contributed by atoms with van der Waals surface area (Å²) in [5.74, 6) is 0.167. The van der Waals surface area contributed by atoms with Crippen molar-refractivity contribution in [3.8, 4) is 0 Å². The molecule has 0 amide bonds. The van der Waals surface area contributed by atoms with Crippen molar-refractivity contribution < 1.29 is 9.53 Å². The van der Waals surface area contributed by atoms with Crippen molar-refractivity contribution >= 4 is 5.97 Å². The van der Waals surface area contributed by atoms with E-state index in [1.54, 1.807) is 7.11 Å². The van der Waals surface area contributed by atoms with Gasteiger partial charge in [0.2, 0.25) is 0 Å². The minimum absolute atomic E-state index is 0.0249. The highest BCUT2D eigenvalue weighted by Crippen LogP contribution is 2.21. The second kappa shape index (κ2) is 23.7. The van der Waals surface area contributed by atoms with Crippen molar-refractivity contribution in [2.45, 2.75) is 155 Å². The first-order valence-electron chi connectivity index (χ1n) is 13.3. The van der Waals surface area contributed by atoms with Crippen LogP contribution in [0.15, 0.2) is 0 Å². The summed E-state index contributed by atoms with van der Waals surface area (Å²) in [6.45, 7) is 4.55. The van der Waals surface area contributed by atoms with Gasteiger partial charge in [-0.05, 0) is 12.8 Å². The summed E-state index contributed by atoms with van der Waals surface area (Å²) in [6, 6.07) is 0. The first kappa shape index (κ1) is 28.5. The van der Waals surface area contributed by atoms with Gasteiger partial charge < -0.3 is 4.74 Å². The minimum Gasteiger partial charge on any atom is -0.469 e. The molecule has 0 atom stereocenters. The SMILES string of the molecule is CCCCCCCCCCCCC(CCCCCCCCCCCC)C(=O)OC. The van der Waals surface area contributed by atoms with Gasteiger partial charge in [-0.25, -0.2) is 0 Å². The fourth-order valence-electron chi connectivity index (χ4n) is 4.30. The molecule has 0 aliphatic carbocycles. The van der Waals surface area contributed by atoms with Crippen LogP contribution in [0, 0.1) is 5.92 Å². The maximum Gasteiger partial charge on any atom is 0.308 e. The summed E-state index contributed by atoms with van der Waals surface area (Å²) in [5.41, 5.74) is 0. The molecule has 29 heavy (non-hydrogen) atoms. The predicted molar refractivity (Wildman–Crippen MR) is 128 cm³/mol. The van der Waals surface area contributed by atoms with E-state index in [9.17, 15) is 4.79 Å². The van der Waals surface area contributed by atoms with Crippen LogP contribution in [0.25, 0.3) is 0 Å². The van der Waals surface area contributed by atoms with Crippen LogP contribution in [0.3, 0.4) is 0 Å².